The molecule has 0 saturated carbocycles. The smallest absolute Gasteiger partial charge is 0.234 e. The summed E-state index contributed by atoms with van der Waals surface area (Å²) >= 11 is 6.49. The number of aromatic nitrogens is 2. The summed E-state index contributed by atoms with van der Waals surface area (Å²) in [4.78, 5) is 34.6. The lowest BCUT2D eigenvalue weighted by Crippen LogP contribution is -2.42. The molecule has 0 aliphatic carbocycles. The van der Waals surface area contributed by atoms with E-state index in [9.17, 15) is 18.0 Å². The monoisotopic (exact) mass is 861 g/mol. The van der Waals surface area contributed by atoms with Crippen LogP contribution < -0.4 is 26.4 Å². The Hall–Kier alpha value is -4.10. The Morgan fingerprint density at radius 1 is 0.898 bits per heavy atom. The van der Waals surface area contributed by atoms with Gasteiger partial charge in [0, 0.05) is 13.0 Å². The maximum atomic E-state index is 13.0. The van der Waals surface area contributed by atoms with E-state index in [4.69, 9.17) is 41.0 Å². The number of primary amides is 1. The topological polar surface area (TPSA) is 206 Å². The average molecular weight is 862 g/mol. The van der Waals surface area contributed by atoms with Gasteiger partial charge in [-0.2, -0.15) is 4.98 Å². The van der Waals surface area contributed by atoms with Crippen LogP contribution in [0.2, 0.25) is 5.02 Å². The number of hydrogen-bond acceptors (Lipinski definition) is 14. The molecule has 0 spiro atoms. The molecule has 1 aliphatic rings. The zero-order chi connectivity index (χ0) is 42.8. The maximum absolute atomic E-state index is 13.0. The highest BCUT2D eigenvalue weighted by Crippen LogP contribution is 2.38. The van der Waals surface area contributed by atoms with E-state index in [1.165, 1.54) is 11.8 Å². The third kappa shape index (κ3) is 15.8. The lowest BCUT2D eigenvalue weighted by atomic mass is 9.86. The Morgan fingerprint density at radius 2 is 1.53 bits per heavy atom. The van der Waals surface area contributed by atoms with Gasteiger partial charge in [0.1, 0.15) is 10.8 Å². The van der Waals surface area contributed by atoms with Crippen LogP contribution in [0.5, 0.6) is 5.75 Å². The number of ether oxygens (including phenoxy) is 5. The Labute approximate surface area is 353 Å². The molecule has 5 N–H and O–H groups in total. The van der Waals surface area contributed by atoms with Gasteiger partial charge in [-0.1, -0.05) is 23.7 Å². The fourth-order valence-corrected chi connectivity index (χ4v) is 7.63. The first kappa shape index (κ1) is 47.6. The Bertz CT molecular complexity index is 1910. The number of anilines is 4. The van der Waals surface area contributed by atoms with Crippen LogP contribution in [0.25, 0.3) is 0 Å². The molecule has 1 aromatic heterocycles. The second-order valence-corrected chi connectivity index (χ2v) is 17.5. The van der Waals surface area contributed by atoms with Gasteiger partial charge in [0.25, 0.3) is 0 Å². The molecule has 18 heteroatoms. The minimum absolute atomic E-state index is 0.0362. The molecule has 0 unspecified atom stereocenters. The van der Waals surface area contributed by atoms with Gasteiger partial charge in [-0.3, -0.25) is 14.5 Å². The lowest BCUT2D eigenvalue weighted by Gasteiger charge is -2.32. The van der Waals surface area contributed by atoms with Crippen molar-refractivity contribution in [2.75, 3.05) is 89.7 Å². The van der Waals surface area contributed by atoms with Crippen LogP contribution >= 0.6 is 11.6 Å². The van der Waals surface area contributed by atoms with Crippen molar-refractivity contribution in [2.24, 2.45) is 5.73 Å². The number of nitrogens with one attached hydrogen (secondary N) is 3. The predicted octanol–water partition coefficient (Wildman–Crippen LogP) is 5.13. The summed E-state index contributed by atoms with van der Waals surface area (Å²) in [6, 6.07) is 10.8. The summed E-state index contributed by atoms with van der Waals surface area (Å²) in [6.07, 6.45) is 3.34. The van der Waals surface area contributed by atoms with Crippen molar-refractivity contribution in [3.8, 4) is 5.75 Å². The van der Waals surface area contributed by atoms with E-state index in [0.29, 0.717) is 89.0 Å². The number of benzene rings is 2. The van der Waals surface area contributed by atoms with E-state index >= 15 is 0 Å². The summed E-state index contributed by atoms with van der Waals surface area (Å²) in [7, 11) is -3.58. The second kappa shape index (κ2) is 24.2. The van der Waals surface area contributed by atoms with Crippen molar-refractivity contribution in [3.63, 3.8) is 0 Å². The number of sulfone groups is 1. The highest BCUT2D eigenvalue weighted by molar-refractivity contribution is 7.92. The van der Waals surface area contributed by atoms with E-state index in [-0.39, 0.29) is 40.1 Å². The number of para-hydroxylation sites is 1. The maximum Gasteiger partial charge on any atom is 0.234 e. The molecule has 1 fully saturated rings. The molecule has 1 aliphatic heterocycles. The number of likely N-dealkylation sites (tertiary alicyclic amines) is 1. The van der Waals surface area contributed by atoms with E-state index in [0.717, 1.165) is 31.5 Å². The van der Waals surface area contributed by atoms with Crippen molar-refractivity contribution in [2.45, 2.75) is 76.0 Å². The fourth-order valence-electron chi connectivity index (χ4n) is 6.29. The SMILES string of the molecule is Cc1cc(Nc2ncc(Cl)c(Nc3ccccc3S(=O)(=O)C(C)C)n2)c(OC(C)C)cc1C1CCN(CC(=O)NCCOCCOCCOCCOCCC(N)=O)CC1. The number of amides is 2. The zero-order valence-electron chi connectivity index (χ0n) is 34.8. The van der Waals surface area contributed by atoms with Gasteiger partial charge in [0.15, 0.2) is 15.7 Å². The average Bonchev–Trinajstić information content (AvgIpc) is 3.18. The molecule has 3 aromatic rings. The third-order valence-electron chi connectivity index (χ3n) is 9.36. The Kier molecular flexibility index (Phi) is 19.5. The second-order valence-electron chi connectivity index (χ2n) is 14.7. The number of nitrogens with zero attached hydrogens (tertiary/aromatic N) is 3. The molecule has 2 amide bonds. The van der Waals surface area contributed by atoms with Crippen LogP contribution in [-0.2, 0) is 38.4 Å². The number of hydrogen-bond donors (Lipinski definition) is 4. The van der Waals surface area contributed by atoms with E-state index in [1.54, 1.807) is 38.1 Å². The molecule has 326 valence electrons. The molecular weight excluding hydrogens is 802 g/mol. The molecule has 2 aromatic carbocycles. The van der Waals surface area contributed by atoms with E-state index < -0.39 is 21.0 Å². The number of piperidine rings is 1. The molecule has 59 heavy (non-hydrogen) atoms. The van der Waals surface area contributed by atoms with Crippen molar-refractivity contribution in [1.29, 1.82) is 0 Å². The van der Waals surface area contributed by atoms with Gasteiger partial charge in [-0.05, 0) is 102 Å². The summed E-state index contributed by atoms with van der Waals surface area (Å²) in [5.74, 6) is 1.03. The Morgan fingerprint density at radius 3 is 2.15 bits per heavy atom. The molecule has 1 saturated heterocycles. The molecule has 0 bridgehead atoms. The summed E-state index contributed by atoms with van der Waals surface area (Å²) in [5, 5.41) is 8.95. The number of nitrogens with two attached hydrogens (primary N) is 1. The highest BCUT2D eigenvalue weighted by atomic mass is 35.5. The van der Waals surface area contributed by atoms with Crippen LogP contribution in [0, 0.1) is 6.92 Å². The molecular formula is C41H60ClN7O9S. The first-order valence-corrected chi connectivity index (χ1v) is 22.0. The van der Waals surface area contributed by atoms with Gasteiger partial charge >= 0.3 is 0 Å². The van der Waals surface area contributed by atoms with Crippen molar-refractivity contribution >= 4 is 56.4 Å². The summed E-state index contributed by atoms with van der Waals surface area (Å²) in [5.41, 5.74) is 8.38. The fraction of sp³-hybridized carbons (Fsp3) is 0.561. The molecule has 4 rings (SSSR count). The van der Waals surface area contributed by atoms with Crippen molar-refractivity contribution in [3.05, 3.63) is 58.7 Å². The minimum Gasteiger partial charge on any atom is -0.489 e. The predicted molar refractivity (Wildman–Crippen MR) is 228 cm³/mol. The number of halogens is 1. The zero-order valence-corrected chi connectivity index (χ0v) is 36.3. The molecule has 0 atom stereocenters. The van der Waals surface area contributed by atoms with Crippen LogP contribution in [0.4, 0.5) is 23.1 Å². The molecule has 2 heterocycles. The van der Waals surface area contributed by atoms with Crippen LogP contribution in [0.15, 0.2) is 47.5 Å². The quantitative estimate of drug-likeness (QED) is 0.0773. The van der Waals surface area contributed by atoms with Crippen molar-refractivity contribution < 1.29 is 41.7 Å². The van der Waals surface area contributed by atoms with Crippen molar-refractivity contribution in [1.82, 2.24) is 20.2 Å². The Balaban J connectivity index is 1.22. The number of carbonyl (C=O) groups is 2. The van der Waals surface area contributed by atoms with Crippen LogP contribution in [0.3, 0.4) is 0 Å². The van der Waals surface area contributed by atoms with Gasteiger partial charge in [-0.15, -0.1) is 0 Å². The van der Waals surface area contributed by atoms with E-state index in [1.807, 2.05) is 19.9 Å². The minimum atomic E-state index is -3.58. The van der Waals surface area contributed by atoms with Gasteiger partial charge in [0.05, 0.1) is 93.2 Å². The van der Waals surface area contributed by atoms with Gasteiger partial charge in [-0.25, -0.2) is 13.4 Å². The third-order valence-corrected chi connectivity index (χ3v) is 11.8. The first-order chi connectivity index (χ1) is 28.2. The lowest BCUT2D eigenvalue weighted by molar-refractivity contribution is -0.122. The van der Waals surface area contributed by atoms with Gasteiger partial charge < -0.3 is 45.4 Å². The number of aryl methyl sites for hydroxylation is 1. The number of carbonyl (C=O) groups excluding carboxylic acids is 2. The normalized spacial score (nSPS) is 13.8. The highest BCUT2D eigenvalue weighted by Gasteiger charge is 2.26. The van der Waals surface area contributed by atoms with Crippen LogP contribution in [-0.4, -0.2) is 125 Å². The standard InChI is InChI=1S/C41H60ClN7O9S/c1-28(2)58-36-25-32(30(5)24-35(36)47-41-45-26-33(42)40(48-41)46-34-8-6-7-9-37(34)59(52,53)29(3)4)31-10-14-49(15-11-31)27-39(51)44-13-17-55-19-21-57-23-22-56-20-18-54-16-12-38(43)50/h6-9,24-26,28-29,31H,10-23,27H2,1-5H3,(H2,43,50)(H,44,51)(H2,45,46,47,48). The largest absolute Gasteiger partial charge is 0.489 e. The van der Waals surface area contributed by atoms with E-state index in [2.05, 4.69) is 43.8 Å². The number of rotatable bonds is 26. The summed E-state index contributed by atoms with van der Waals surface area (Å²) in [6.45, 7) is 14.8. The first-order valence-electron chi connectivity index (χ1n) is 20.0. The van der Waals surface area contributed by atoms with Gasteiger partial charge in [0.2, 0.25) is 17.8 Å². The van der Waals surface area contributed by atoms with Crippen LogP contribution in [0.1, 0.15) is 64.0 Å². The molecule has 0 radical (unpaired) electrons. The molecule has 16 nitrogen and oxygen atoms in total. The summed E-state index contributed by atoms with van der Waals surface area (Å²) < 4.78 is 54.0.